The molecule has 3 nitrogen and oxygen atoms in total. The van der Waals surface area contributed by atoms with Gasteiger partial charge in [-0.1, -0.05) is 22.0 Å². The van der Waals surface area contributed by atoms with Gasteiger partial charge < -0.3 is 10.6 Å². The number of carbonyl (C=O) groups is 1. The van der Waals surface area contributed by atoms with Gasteiger partial charge in [-0.2, -0.15) is 13.2 Å². The Labute approximate surface area is 105 Å². The van der Waals surface area contributed by atoms with Gasteiger partial charge in [0.05, 0.1) is 0 Å². The third kappa shape index (κ3) is 3.71. The van der Waals surface area contributed by atoms with Crippen LogP contribution in [0.5, 0.6) is 0 Å². The number of nitrogens with two attached hydrogens (primary N) is 1. The van der Waals surface area contributed by atoms with Gasteiger partial charge in [-0.25, -0.2) is 0 Å². The van der Waals surface area contributed by atoms with Crippen LogP contribution in [0.4, 0.5) is 18.9 Å². The monoisotopic (exact) mass is 310 g/mol. The molecule has 1 rings (SSSR count). The maximum atomic E-state index is 12.4. The van der Waals surface area contributed by atoms with Gasteiger partial charge in [-0.3, -0.25) is 4.79 Å². The minimum Gasteiger partial charge on any atom is -0.329 e. The van der Waals surface area contributed by atoms with Crippen LogP contribution < -0.4 is 10.6 Å². The largest absolute Gasteiger partial charge is 0.471 e. The van der Waals surface area contributed by atoms with Crippen molar-refractivity contribution in [2.75, 3.05) is 18.0 Å². The normalized spacial score (nSPS) is 11.4. The summed E-state index contributed by atoms with van der Waals surface area (Å²) in [6.45, 7) is -0.233. The van der Waals surface area contributed by atoms with Crippen molar-refractivity contribution < 1.29 is 18.0 Å². The fraction of sp³-hybridized carbons (Fsp3) is 0.300. The van der Waals surface area contributed by atoms with Crippen LogP contribution in [-0.2, 0) is 4.79 Å². The quantitative estimate of drug-likeness (QED) is 0.931. The van der Waals surface area contributed by atoms with Gasteiger partial charge in [0.25, 0.3) is 0 Å². The molecule has 0 unspecified atom stereocenters. The van der Waals surface area contributed by atoms with Gasteiger partial charge in [0, 0.05) is 23.2 Å². The molecule has 1 aromatic rings. The van der Waals surface area contributed by atoms with E-state index in [0.717, 1.165) is 0 Å². The minimum absolute atomic E-state index is 0.0473. The Morgan fingerprint density at radius 3 is 2.53 bits per heavy atom. The Balaban J connectivity index is 3.05. The van der Waals surface area contributed by atoms with Crippen LogP contribution in [0.3, 0.4) is 0 Å². The Morgan fingerprint density at radius 1 is 1.41 bits per heavy atom. The van der Waals surface area contributed by atoms with Crippen LogP contribution in [0, 0.1) is 0 Å². The van der Waals surface area contributed by atoms with E-state index in [0.29, 0.717) is 9.37 Å². The van der Waals surface area contributed by atoms with Gasteiger partial charge in [0.2, 0.25) is 0 Å². The van der Waals surface area contributed by atoms with Gasteiger partial charge in [0.1, 0.15) is 0 Å². The SMILES string of the molecule is NCCN(C(=O)C(F)(F)F)c1cccc(Br)c1. The van der Waals surface area contributed by atoms with Crippen LogP contribution in [0.1, 0.15) is 0 Å². The summed E-state index contributed by atoms with van der Waals surface area (Å²) < 4.78 is 37.7. The third-order valence-corrected chi connectivity index (χ3v) is 2.45. The predicted octanol–water partition coefficient (Wildman–Crippen LogP) is 2.30. The fourth-order valence-electron chi connectivity index (χ4n) is 1.27. The average molecular weight is 311 g/mol. The summed E-state index contributed by atoms with van der Waals surface area (Å²) in [7, 11) is 0. The number of nitrogens with zero attached hydrogens (tertiary/aromatic N) is 1. The van der Waals surface area contributed by atoms with E-state index in [-0.39, 0.29) is 18.8 Å². The fourth-order valence-corrected chi connectivity index (χ4v) is 1.66. The predicted molar refractivity (Wildman–Crippen MR) is 61.6 cm³/mol. The van der Waals surface area contributed by atoms with Crippen molar-refractivity contribution in [2.45, 2.75) is 6.18 Å². The van der Waals surface area contributed by atoms with E-state index >= 15 is 0 Å². The first kappa shape index (κ1) is 14.0. The number of alkyl halides is 3. The number of anilines is 1. The number of amides is 1. The average Bonchev–Trinajstić information content (AvgIpc) is 2.23. The number of carbonyl (C=O) groups excluding carboxylic acids is 1. The van der Waals surface area contributed by atoms with Crippen LogP contribution in [0.25, 0.3) is 0 Å². The summed E-state index contributed by atoms with van der Waals surface area (Å²) >= 11 is 3.13. The second-order valence-corrected chi connectivity index (χ2v) is 4.14. The van der Waals surface area contributed by atoms with Crippen molar-refractivity contribution >= 4 is 27.5 Å². The summed E-state index contributed by atoms with van der Waals surface area (Å²) in [4.78, 5) is 11.8. The summed E-state index contributed by atoms with van der Waals surface area (Å²) in [5, 5.41) is 0. The first-order valence-corrected chi connectivity index (χ1v) is 5.50. The maximum absolute atomic E-state index is 12.4. The van der Waals surface area contributed by atoms with E-state index in [1.807, 2.05) is 0 Å². The highest BCUT2D eigenvalue weighted by molar-refractivity contribution is 9.10. The number of hydrogen-bond acceptors (Lipinski definition) is 2. The van der Waals surface area contributed by atoms with E-state index in [1.54, 1.807) is 12.1 Å². The molecular formula is C10H10BrF3N2O. The smallest absolute Gasteiger partial charge is 0.329 e. The first-order valence-electron chi connectivity index (χ1n) is 4.70. The van der Waals surface area contributed by atoms with Crippen LogP contribution in [-0.4, -0.2) is 25.2 Å². The van der Waals surface area contributed by atoms with Gasteiger partial charge in [0.15, 0.2) is 0 Å². The third-order valence-electron chi connectivity index (χ3n) is 1.96. The Morgan fingerprint density at radius 2 is 2.06 bits per heavy atom. The van der Waals surface area contributed by atoms with E-state index in [9.17, 15) is 18.0 Å². The maximum Gasteiger partial charge on any atom is 0.471 e. The van der Waals surface area contributed by atoms with Gasteiger partial charge in [-0.05, 0) is 18.2 Å². The topological polar surface area (TPSA) is 46.3 Å². The molecule has 0 aliphatic carbocycles. The molecule has 0 aromatic heterocycles. The highest BCUT2D eigenvalue weighted by Gasteiger charge is 2.42. The van der Waals surface area contributed by atoms with Crippen molar-refractivity contribution in [2.24, 2.45) is 5.73 Å². The molecule has 0 saturated carbocycles. The molecule has 0 bridgehead atoms. The molecule has 1 aromatic carbocycles. The van der Waals surface area contributed by atoms with Crippen LogP contribution >= 0.6 is 15.9 Å². The minimum atomic E-state index is -4.91. The van der Waals surface area contributed by atoms with E-state index in [1.165, 1.54) is 12.1 Å². The highest BCUT2D eigenvalue weighted by atomic mass is 79.9. The molecule has 0 radical (unpaired) electrons. The zero-order valence-electron chi connectivity index (χ0n) is 8.67. The van der Waals surface area contributed by atoms with Crippen LogP contribution in [0.2, 0.25) is 0 Å². The van der Waals surface area contributed by atoms with Crippen LogP contribution in [0.15, 0.2) is 28.7 Å². The van der Waals surface area contributed by atoms with Crippen molar-refractivity contribution in [3.63, 3.8) is 0 Å². The number of benzene rings is 1. The number of hydrogen-bond donors (Lipinski definition) is 1. The molecule has 1 amide bonds. The van der Waals surface area contributed by atoms with Crippen molar-refractivity contribution in [3.8, 4) is 0 Å². The summed E-state index contributed by atoms with van der Waals surface area (Å²) in [5.74, 6) is -1.92. The molecule has 0 fully saturated rings. The molecule has 0 saturated heterocycles. The van der Waals surface area contributed by atoms with Gasteiger partial charge in [-0.15, -0.1) is 0 Å². The van der Waals surface area contributed by atoms with E-state index in [4.69, 9.17) is 5.73 Å². The van der Waals surface area contributed by atoms with E-state index in [2.05, 4.69) is 15.9 Å². The molecule has 94 valence electrons. The number of rotatable bonds is 3. The lowest BCUT2D eigenvalue weighted by Gasteiger charge is -2.23. The second-order valence-electron chi connectivity index (χ2n) is 3.22. The van der Waals surface area contributed by atoms with E-state index < -0.39 is 12.1 Å². The Hall–Kier alpha value is -1.08. The molecule has 0 spiro atoms. The molecule has 0 atom stereocenters. The second kappa shape index (κ2) is 5.50. The molecule has 0 heterocycles. The zero-order chi connectivity index (χ0) is 13.1. The first-order chi connectivity index (χ1) is 7.86. The van der Waals surface area contributed by atoms with Gasteiger partial charge >= 0.3 is 12.1 Å². The Bertz CT molecular complexity index is 409. The number of halogens is 4. The summed E-state index contributed by atoms with van der Waals surface area (Å²) in [6.07, 6.45) is -4.91. The molecule has 0 aliphatic rings. The molecule has 2 N–H and O–H groups in total. The molecule has 7 heteroatoms. The molecule has 0 aliphatic heterocycles. The summed E-state index contributed by atoms with van der Waals surface area (Å²) in [5.41, 5.74) is 5.37. The lowest BCUT2D eigenvalue weighted by Crippen LogP contribution is -2.43. The molecular weight excluding hydrogens is 301 g/mol. The zero-order valence-corrected chi connectivity index (χ0v) is 10.3. The van der Waals surface area contributed by atoms with Crippen molar-refractivity contribution in [3.05, 3.63) is 28.7 Å². The Kier molecular flexibility index (Phi) is 4.53. The highest BCUT2D eigenvalue weighted by Crippen LogP contribution is 2.25. The van der Waals surface area contributed by atoms with Crippen molar-refractivity contribution in [1.82, 2.24) is 0 Å². The lowest BCUT2D eigenvalue weighted by molar-refractivity contribution is -0.170. The lowest BCUT2D eigenvalue weighted by atomic mass is 10.2. The van der Waals surface area contributed by atoms with Crippen molar-refractivity contribution in [1.29, 1.82) is 0 Å². The summed E-state index contributed by atoms with van der Waals surface area (Å²) in [6, 6.07) is 6.05. The standard InChI is InChI=1S/C10H10BrF3N2O/c11-7-2-1-3-8(6-7)16(5-4-15)9(17)10(12,13)14/h1-3,6H,4-5,15H2. The molecule has 17 heavy (non-hydrogen) atoms.